The first-order valence-electron chi connectivity index (χ1n) is 10.3. The quantitative estimate of drug-likeness (QED) is 0.422. The van der Waals surface area contributed by atoms with Gasteiger partial charge in [0.15, 0.2) is 0 Å². The molecule has 0 bridgehead atoms. The van der Waals surface area contributed by atoms with Crippen molar-refractivity contribution in [3.63, 3.8) is 0 Å². The number of halogens is 1. The standard InChI is InChI=1S/C26H20FN3O2S/c1-17-7-9-18(10-8-17)15-23-25(32)30(21-5-3-2-4-6-21)26(33-23)22(16-28)24(31)29-20-13-11-19(27)12-14-20/h2-14,23H,15H2,1H3,(H,29,31). The summed E-state index contributed by atoms with van der Waals surface area (Å²) in [5, 5.41) is 12.3. The van der Waals surface area contributed by atoms with Gasteiger partial charge in [0.2, 0.25) is 5.91 Å². The molecule has 164 valence electrons. The Balaban J connectivity index is 1.70. The number of anilines is 2. The summed E-state index contributed by atoms with van der Waals surface area (Å²) in [6.45, 7) is 2.00. The summed E-state index contributed by atoms with van der Waals surface area (Å²) in [4.78, 5) is 27.8. The molecule has 1 aliphatic heterocycles. The Kier molecular flexibility index (Phi) is 6.57. The predicted molar refractivity (Wildman–Crippen MR) is 128 cm³/mol. The van der Waals surface area contributed by atoms with Crippen molar-refractivity contribution in [2.24, 2.45) is 0 Å². The van der Waals surface area contributed by atoms with Gasteiger partial charge >= 0.3 is 0 Å². The molecule has 0 spiro atoms. The number of aryl methyl sites for hydroxylation is 1. The fraction of sp³-hybridized carbons (Fsp3) is 0.115. The molecular formula is C26H20FN3O2S. The second-order valence-corrected chi connectivity index (χ2v) is 8.75. The highest BCUT2D eigenvalue weighted by molar-refractivity contribution is 8.05. The molecule has 4 rings (SSSR count). The van der Waals surface area contributed by atoms with Crippen LogP contribution in [0.5, 0.6) is 0 Å². The Morgan fingerprint density at radius 2 is 1.73 bits per heavy atom. The van der Waals surface area contributed by atoms with E-state index in [4.69, 9.17) is 0 Å². The zero-order valence-corrected chi connectivity index (χ0v) is 18.6. The summed E-state index contributed by atoms with van der Waals surface area (Å²) in [6.07, 6.45) is 0.467. The lowest BCUT2D eigenvalue weighted by atomic mass is 10.1. The number of carbonyl (C=O) groups excluding carboxylic acids is 2. The van der Waals surface area contributed by atoms with Gasteiger partial charge < -0.3 is 5.32 Å². The van der Waals surface area contributed by atoms with Crippen molar-refractivity contribution in [3.05, 3.63) is 106 Å². The van der Waals surface area contributed by atoms with E-state index < -0.39 is 17.0 Å². The molecule has 7 heteroatoms. The van der Waals surface area contributed by atoms with Crippen LogP contribution in [-0.4, -0.2) is 17.1 Å². The average Bonchev–Trinajstić information content (AvgIpc) is 3.13. The van der Waals surface area contributed by atoms with Gasteiger partial charge in [0.1, 0.15) is 22.5 Å². The van der Waals surface area contributed by atoms with Crippen molar-refractivity contribution in [1.29, 1.82) is 5.26 Å². The molecule has 1 aliphatic rings. The van der Waals surface area contributed by atoms with Crippen LogP contribution in [-0.2, 0) is 16.0 Å². The second-order valence-electron chi connectivity index (χ2n) is 7.56. The van der Waals surface area contributed by atoms with E-state index in [0.717, 1.165) is 11.1 Å². The number of benzene rings is 3. The van der Waals surface area contributed by atoms with E-state index in [1.165, 1.54) is 40.9 Å². The number of hydrogen-bond donors (Lipinski definition) is 1. The summed E-state index contributed by atoms with van der Waals surface area (Å²) in [6, 6.07) is 24.1. The molecule has 1 fully saturated rings. The van der Waals surface area contributed by atoms with Crippen molar-refractivity contribution in [3.8, 4) is 6.07 Å². The molecule has 2 amide bonds. The molecule has 1 N–H and O–H groups in total. The lowest BCUT2D eigenvalue weighted by Crippen LogP contribution is -2.30. The van der Waals surface area contributed by atoms with Crippen LogP contribution in [0.25, 0.3) is 0 Å². The fourth-order valence-electron chi connectivity index (χ4n) is 3.46. The fourth-order valence-corrected chi connectivity index (χ4v) is 4.77. The zero-order valence-electron chi connectivity index (χ0n) is 17.8. The SMILES string of the molecule is Cc1ccc(CC2SC(=C(C#N)C(=O)Nc3ccc(F)cc3)N(c3ccccc3)C2=O)cc1. The van der Waals surface area contributed by atoms with Crippen LogP contribution >= 0.6 is 11.8 Å². The number of nitrogens with zero attached hydrogens (tertiary/aromatic N) is 2. The maximum absolute atomic E-state index is 13.4. The summed E-state index contributed by atoms with van der Waals surface area (Å²) in [5.74, 6) is -1.28. The van der Waals surface area contributed by atoms with Gasteiger partial charge in [-0.1, -0.05) is 59.8 Å². The number of nitrogens with one attached hydrogen (secondary N) is 1. The minimum absolute atomic E-state index is 0.173. The van der Waals surface area contributed by atoms with Crippen molar-refractivity contribution in [2.45, 2.75) is 18.6 Å². The van der Waals surface area contributed by atoms with Gasteiger partial charge in [-0.05, 0) is 55.3 Å². The Hall–Kier alpha value is -3.89. The molecular weight excluding hydrogens is 437 g/mol. The molecule has 1 heterocycles. The van der Waals surface area contributed by atoms with E-state index in [1.54, 1.807) is 24.3 Å². The van der Waals surface area contributed by atoms with Crippen LogP contribution < -0.4 is 10.2 Å². The van der Waals surface area contributed by atoms with Crippen molar-refractivity contribution in [1.82, 2.24) is 0 Å². The van der Waals surface area contributed by atoms with E-state index in [1.807, 2.05) is 43.3 Å². The maximum atomic E-state index is 13.4. The number of thioether (sulfide) groups is 1. The van der Waals surface area contributed by atoms with Gasteiger partial charge in [0, 0.05) is 11.4 Å². The van der Waals surface area contributed by atoms with Crippen LogP contribution in [0.15, 0.2) is 89.5 Å². The third-order valence-electron chi connectivity index (χ3n) is 5.16. The van der Waals surface area contributed by atoms with Crippen LogP contribution in [0.4, 0.5) is 15.8 Å². The first kappa shape index (κ1) is 22.3. The van der Waals surface area contributed by atoms with E-state index in [9.17, 15) is 19.2 Å². The normalized spacial score (nSPS) is 16.9. The molecule has 3 aromatic carbocycles. The number of rotatable bonds is 5. The smallest absolute Gasteiger partial charge is 0.269 e. The number of nitriles is 1. The summed E-state index contributed by atoms with van der Waals surface area (Å²) < 4.78 is 13.2. The highest BCUT2D eigenvalue weighted by atomic mass is 32.2. The van der Waals surface area contributed by atoms with Gasteiger partial charge in [0.05, 0.1) is 5.25 Å². The lowest BCUT2D eigenvalue weighted by Gasteiger charge is -2.18. The van der Waals surface area contributed by atoms with Crippen molar-refractivity contribution >= 4 is 35.0 Å². The van der Waals surface area contributed by atoms with E-state index in [-0.39, 0.29) is 16.5 Å². The van der Waals surface area contributed by atoms with E-state index >= 15 is 0 Å². The van der Waals surface area contributed by atoms with Gasteiger partial charge in [0.25, 0.3) is 5.91 Å². The first-order chi connectivity index (χ1) is 16.0. The Morgan fingerprint density at radius 3 is 2.36 bits per heavy atom. The van der Waals surface area contributed by atoms with Gasteiger partial charge in [-0.15, -0.1) is 0 Å². The monoisotopic (exact) mass is 457 g/mol. The average molecular weight is 458 g/mol. The molecule has 0 saturated carbocycles. The molecule has 3 aromatic rings. The Morgan fingerprint density at radius 1 is 1.06 bits per heavy atom. The molecule has 1 atom stereocenters. The summed E-state index contributed by atoms with van der Waals surface area (Å²) >= 11 is 1.21. The van der Waals surface area contributed by atoms with E-state index in [2.05, 4.69) is 5.32 Å². The number of hydrogen-bond acceptors (Lipinski definition) is 4. The summed E-state index contributed by atoms with van der Waals surface area (Å²) in [5.41, 5.74) is 2.88. The molecule has 0 radical (unpaired) electrons. The lowest BCUT2D eigenvalue weighted by molar-refractivity contribution is -0.117. The van der Waals surface area contributed by atoms with Gasteiger partial charge in [-0.25, -0.2) is 4.39 Å². The first-order valence-corrected chi connectivity index (χ1v) is 11.2. The number of para-hydroxylation sites is 1. The number of amides is 2. The maximum Gasteiger partial charge on any atom is 0.269 e. The highest BCUT2D eigenvalue weighted by Gasteiger charge is 2.40. The molecule has 5 nitrogen and oxygen atoms in total. The van der Waals surface area contributed by atoms with E-state index in [0.29, 0.717) is 17.8 Å². The molecule has 0 aliphatic carbocycles. The molecule has 1 unspecified atom stereocenters. The predicted octanol–water partition coefficient (Wildman–Crippen LogP) is 5.20. The van der Waals surface area contributed by atoms with Crippen molar-refractivity contribution < 1.29 is 14.0 Å². The van der Waals surface area contributed by atoms with Gasteiger partial charge in [-0.3, -0.25) is 14.5 Å². The third-order valence-corrected chi connectivity index (χ3v) is 6.43. The van der Waals surface area contributed by atoms with Crippen LogP contribution in [0, 0.1) is 24.1 Å². The number of carbonyl (C=O) groups is 2. The Labute approximate surface area is 195 Å². The second kappa shape index (κ2) is 9.72. The highest BCUT2D eigenvalue weighted by Crippen LogP contribution is 2.42. The minimum atomic E-state index is -0.656. The van der Waals surface area contributed by atoms with Crippen molar-refractivity contribution in [2.75, 3.05) is 10.2 Å². The van der Waals surface area contributed by atoms with Crippen LogP contribution in [0.1, 0.15) is 11.1 Å². The minimum Gasteiger partial charge on any atom is -0.321 e. The topological polar surface area (TPSA) is 73.2 Å². The zero-order chi connectivity index (χ0) is 23.4. The molecule has 33 heavy (non-hydrogen) atoms. The molecule has 1 saturated heterocycles. The summed E-state index contributed by atoms with van der Waals surface area (Å²) in [7, 11) is 0. The van der Waals surface area contributed by atoms with Crippen LogP contribution in [0.2, 0.25) is 0 Å². The van der Waals surface area contributed by atoms with Gasteiger partial charge in [-0.2, -0.15) is 5.26 Å². The largest absolute Gasteiger partial charge is 0.321 e. The van der Waals surface area contributed by atoms with Crippen LogP contribution in [0.3, 0.4) is 0 Å². The molecule has 0 aromatic heterocycles. The third kappa shape index (κ3) is 4.97. The Bertz CT molecular complexity index is 1250.